The Bertz CT molecular complexity index is 576. The number of carboxylic acids is 1. The van der Waals surface area contributed by atoms with Crippen molar-refractivity contribution < 1.29 is 19.4 Å². The topological polar surface area (TPSA) is 87.4 Å². The molecule has 5 heteroatoms. The minimum Gasteiger partial charge on any atom is -0.477 e. The highest BCUT2D eigenvalue weighted by Gasteiger charge is 2.04. The fraction of sp³-hybridized carbons (Fsp3) is 0.0714. The van der Waals surface area contributed by atoms with Crippen molar-refractivity contribution >= 4 is 18.0 Å². The summed E-state index contributed by atoms with van der Waals surface area (Å²) in [5, 5.41) is 17.2. The van der Waals surface area contributed by atoms with Crippen LogP contribution in [0.2, 0.25) is 0 Å². The summed E-state index contributed by atoms with van der Waals surface area (Å²) in [6.07, 6.45) is 4.29. The average Bonchev–Trinajstić information content (AvgIpc) is 2.43. The van der Waals surface area contributed by atoms with Gasteiger partial charge in [0, 0.05) is 0 Å². The van der Waals surface area contributed by atoms with Crippen molar-refractivity contribution in [2.24, 2.45) is 0 Å². The molecule has 0 atom stereocenters. The van der Waals surface area contributed by atoms with E-state index in [0.717, 1.165) is 5.56 Å². The smallest absolute Gasteiger partial charge is 0.346 e. The number of nitrogens with zero attached hydrogens (tertiary/aromatic N) is 1. The number of carboxylic acid groups (broad SMARTS) is 1. The molecule has 1 rings (SSSR count). The number of esters is 1. The van der Waals surface area contributed by atoms with Crippen LogP contribution in [0.4, 0.5) is 0 Å². The first-order valence-corrected chi connectivity index (χ1v) is 5.28. The number of rotatable bonds is 4. The maximum atomic E-state index is 11.2. The molecule has 0 unspecified atom stereocenters. The predicted molar refractivity (Wildman–Crippen MR) is 68.1 cm³/mol. The van der Waals surface area contributed by atoms with Crippen molar-refractivity contribution in [3.63, 3.8) is 0 Å². The molecular formula is C14H11NO4. The van der Waals surface area contributed by atoms with Crippen LogP contribution in [-0.4, -0.2) is 24.2 Å². The van der Waals surface area contributed by atoms with E-state index in [1.807, 2.05) is 0 Å². The molecule has 1 N–H and O–H groups in total. The van der Waals surface area contributed by atoms with Crippen LogP contribution >= 0.6 is 0 Å². The van der Waals surface area contributed by atoms with Gasteiger partial charge < -0.3 is 9.84 Å². The maximum Gasteiger partial charge on any atom is 0.346 e. The largest absolute Gasteiger partial charge is 0.477 e. The summed E-state index contributed by atoms with van der Waals surface area (Å²) in [5.41, 5.74) is 0.854. The van der Waals surface area contributed by atoms with E-state index in [-0.39, 0.29) is 5.57 Å². The molecule has 0 fully saturated rings. The number of ether oxygens (including phenoxy) is 1. The number of allylic oxidation sites excluding steroid dienone is 2. The van der Waals surface area contributed by atoms with Crippen molar-refractivity contribution in [2.45, 2.75) is 0 Å². The first-order chi connectivity index (χ1) is 9.08. The van der Waals surface area contributed by atoms with Gasteiger partial charge in [-0.3, -0.25) is 0 Å². The third-order valence-electron chi connectivity index (χ3n) is 2.23. The van der Waals surface area contributed by atoms with Crippen LogP contribution < -0.4 is 0 Å². The standard InChI is InChI=1S/C14H11NO4/c1-19-14(18)11-7-5-10(6-8-11)3-2-4-12(9-15)13(16)17/h2-8H,1H3,(H,16,17)/b3-2+,12-4+. The number of hydrogen-bond acceptors (Lipinski definition) is 4. The molecule has 0 radical (unpaired) electrons. The van der Waals surface area contributed by atoms with E-state index in [1.165, 1.54) is 19.3 Å². The lowest BCUT2D eigenvalue weighted by molar-refractivity contribution is -0.132. The molecule has 0 heterocycles. The molecule has 19 heavy (non-hydrogen) atoms. The Morgan fingerprint density at radius 1 is 1.32 bits per heavy atom. The third-order valence-corrected chi connectivity index (χ3v) is 2.23. The molecule has 0 aliphatic carbocycles. The van der Waals surface area contributed by atoms with Crippen molar-refractivity contribution in [3.8, 4) is 6.07 Å². The predicted octanol–water partition coefficient (Wildman–Crippen LogP) is 2.02. The zero-order chi connectivity index (χ0) is 14.3. The van der Waals surface area contributed by atoms with Gasteiger partial charge in [0.2, 0.25) is 0 Å². The van der Waals surface area contributed by atoms with E-state index in [0.29, 0.717) is 5.56 Å². The molecule has 0 aromatic heterocycles. The fourth-order valence-electron chi connectivity index (χ4n) is 1.26. The van der Waals surface area contributed by atoms with Gasteiger partial charge in [0.15, 0.2) is 0 Å². The number of nitriles is 1. The van der Waals surface area contributed by atoms with Gasteiger partial charge in [-0.05, 0) is 23.8 Å². The number of aliphatic carboxylic acids is 1. The average molecular weight is 257 g/mol. The molecule has 1 aromatic rings. The molecule has 0 amide bonds. The summed E-state index contributed by atoms with van der Waals surface area (Å²) < 4.78 is 4.56. The van der Waals surface area contributed by atoms with E-state index in [4.69, 9.17) is 10.4 Å². The van der Waals surface area contributed by atoms with Gasteiger partial charge in [0.05, 0.1) is 12.7 Å². The summed E-state index contributed by atoms with van der Waals surface area (Å²) >= 11 is 0. The van der Waals surface area contributed by atoms with Crippen molar-refractivity contribution in [1.82, 2.24) is 0 Å². The first kappa shape index (κ1) is 14.2. The molecule has 1 aromatic carbocycles. The summed E-state index contributed by atoms with van der Waals surface area (Å²) in [4.78, 5) is 21.7. The Balaban J connectivity index is 2.82. The van der Waals surface area contributed by atoms with Crippen molar-refractivity contribution in [3.05, 3.63) is 53.1 Å². The normalized spacial score (nSPS) is 11.1. The van der Waals surface area contributed by atoms with Gasteiger partial charge >= 0.3 is 11.9 Å². The second-order valence-electron chi connectivity index (χ2n) is 3.47. The van der Waals surface area contributed by atoms with Crippen LogP contribution in [0.5, 0.6) is 0 Å². The zero-order valence-electron chi connectivity index (χ0n) is 10.2. The van der Waals surface area contributed by atoms with Crippen LogP contribution in [0.15, 0.2) is 42.0 Å². The number of benzene rings is 1. The third kappa shape index (κ3) is 4.13. The fourth-order valence-corrected chi connectivity index (χ4v) is 1.26. The summed E-state index contributed by atoms with van der Waals surface area (Å²) in [6.45, 7) is 0. The molecule has 5 nitrogen and oxygen atoms in total. The van der Waals surface area contributed by atoms with E-state index in [9.17, 15) is 9.59 Å². The van der Waals surface area contributed by atoms with E-state index in [2.05, 4.69) is 4.74 Å². The summed E-state index contributed by atoms with van der Waals surface area (Å²) in [5.74, 6) is -1.69. The Kier molecular flexibility index (Phi) is 5.05. The van der Waals surface area contributed by atoms with Crippen LogP contribution in [-0.2, 0) is 9.53 Å². The van der Waals surface area contributed by atoms with E-state index >= 15 is 0 Å². The zero-order valence-corrected chi connectivity index (χ0v) is 10.2. The Morgan fingerprint density at radius 2 is 1.95 bits per heavy atom. The minimum absolute atomic E-state index is 0.345. The van der Waals surface area contributed by atoms with Gasteiger partial charge in [0.25, 0.3) is 0 Å². The molecule has 0 spiro atoms. The minimum atomic E-state index is -1.27. The number of methoxy groups -OCH3 is 1. The van der Waals surface area contributed by atoms with Crippen molar-refractivity contribution in [1.29, 1.82) is 5.26 Å². The highest BCUT2D eigenvalue weighted by molar-refractivity contribution is 5.91. The van der Waals surface area contributed by atoms with Gasteiger partial charge in [-0.2, -0.15) is 5.26 Å². The number of hydrogen-bond donors (Lipinski definition) is 1. The summed E-state index contributed by atoms with van der Waals surface area (Å²) in [6, 6.07) is 8.13. The van der Waals surface area contributed by atoms with E-state index in [1.54, 1.807) is 36.4 Å². The lowest BCUT2D eigenvalue weighted by Gasteiger charge is -1.98. The Morgan fingerprint density at radius 3 is 2.42 bits per heavy atom. The van der Waals surface area contributed by atoms with Crippen LogP contribution in [0.25, 0.3) is 6.08 Å². The highest BCUT2D eigenvalue weighted by Crippen LogP contribution is 2.07. The monoisotopic (exact) mass is 257 g/mol. The maximum absolute atomic E-state index is 11.2. The van der Waals surface area contributed by atoms with E-state index < -0.39 is 11.9 Å². The molecule has 0 saturated heterocycles. The Hall–Kier alpha value is -2.87. The lowest BCUT2D eigenvalue weighted by Crippen LogP contribution is -2.00. The van der Waals surface area contributed by atoms with Gasteiger partial charge in [0.1, 0.15) is 11.6 Å². The van der Waals surface area contributed by atoms with Gasteiger partial charge in [-0.15, -0.1) is 0 Å². The van der Waals surface area contributed by atoms with Crippen LogP contribution in [0, 0.1) is 11.3 Å². The lowest BCUT2D eigenvalue weighted by atomic mass is 10.1. The van der Waals surface area contributed by atoms with Gasteiger partial charge in [-0.25, -0.2) is 9.59 Å². The molecule has 0 bridgehead atoms. The Labute approximate surface area is 110 Å². The SMILES string of the molecule is COC(=O)c1ccc(/C=C/C=C(\C#N)C(=O)O)cc1. The second-order valence-corrected chi connectivity index (χ2v) is 3.47. The van der Waals surface area contributed by atoms with Gasteiger partial charge in [-0.1, -0.05) is 24.3 Å². The quantitative estimate of drug-likeness (QED) is 0.386. The molecule has 0 aliphatic heterocycles. The van der Waals surface area contributed by atoms with Crippen molar-refractivity contribution in [2.75, 3.05) is 7.11 Å². The molecular weight excluding hydrogens is 246 g/mol. The molecule has 96 valence electrons. The molecule has 0 aliphatic rings. The highest BCUT2D eigenvalue weighted by atomic mass is 16.5. The summed E-state index contributed by atoms with van der Waals surface area (Å²) in [7, 11) is 1.30. The first-order valence-electron chi connectivity index (χ1n) is 5.28. The molecule has 0 saturated carbocycles. The van der Waals surface area contributed by atoms with Crippen LogP contribution in [0.3, 0.4) is 0 Å². The second kappa shape index (κ2) is 6.77. The number of carbonyl (C=O) groups is 2. The van der Waals surface area contributed by atoms with Crippen LogP contribution in [0.1, 0.15) is 15.9 Å². The number of carbonyl (C=O) groups excluding carboxylic acids is 1.